The lowest BCUT2D eigenvalue weighted by atomic mass is 9.84. The SMILES string of the molecule is CCOc1ccccc1CN(C)C(=O)C1C2CCC(C2)C1N. The van der Waals surface area contributed by atoms with Gasteiger partial charge in [0, 0.05) is 25.2 Å². The van der Waals surface area contributed by atoms with Gasteiger partial charge in [0.25, 0.3) is 0 Å². The van der Waals surface area contributed by atoms with E-state index < -0.39 is 0 Å². The van der Waals surface area contributed by atoms with Gasteiger partial charge in [0.15, 0.2) is 0 Å². The second-order valence-corrected chi connectivity index (χ2v) is 6.67. The molecular weight excluding hydrogens is 276 g/mol. The van der Waals surface area contributed by atoms with E-state index in [0.29, 0.717) is 25.0 Å². The van der Waals surface area contributed by atoms with E-state index in [9.17, 15) is 4.79 Å². The van der Waals surface area contributed by atoms with Crippen molar-refractivity contribution in [2.45, 2.75) is 38.8 Å². The van der Waals surface area contributed by atoms with E-state index in [4.69, 9.17) is 10.5 Å². The van der Waals surface area contributed by atoms with Crippen molar-refractivity contribution < 1.29 is 9.53 Å². The van der Waals surface area contributed by atoms with Crippen LogP contribution >= 0.6 is 0 Å². The summed E-state index contributed by atoms with van der Waals surface area (Å²) in [5.74, 6) is 2.14. The van der Waals surface area contributed by atoms with Crippen LogP contribution in [-0.2, 0) is 11.3 Å². The minimum absolute atomic E-state index is 0.0167. The van der Waals surface area contributed by atoms with Crippen molar-refractivity contribution in [1.29, 1.82) is 0 Å². The highest BCUT2D eigenvalue weighted by molar-refractivity contribution is 5.80. The van der Waals surface area contributed by atoms with Crippen LogP contribution in [0.25, 0.3) is 0 Å². The lowest BCUT2D eigenvalue weighted by molar-refractivity contribution is -0.137. The van der Waals surface area contributed by atoms with Gasteiger partial charge in [-0.1, -0.05) is 18.2 Å². The van der Waals surface area contributed by atoms with Gasteiger partial charge in [0.2, 0.25) is 5.91 Å². The van der Waals surface area contributed by atoms with Gasteiger partial charge < -0.3 is 15.4 Å². The first-order valence-electron chi connectivity index (χ1n) is 8.33. The van der Waals surface area contributed by atoms with Gasteiger partial charge >= 0.3 is 0 Å². The maximum Gasteiger partial charge on any atom is 0.227 e. The summed E-state index contributed by atoms with van der Waals surface area (Å²) in [6.45, 7) is 3.18. The van der Waals surface area contributed by atoms with Gasteiger partial charge in [-0.2, -0.15) is 0 Å². The van der Waals surface area contributed by atoms with Gasteiger partial charge in [-0.15, -0.1) is 0 Å². The van der Waals surface area contributed by atoms with E-state index in [2.05, 4.69) is 0 Å². The summed E-state index contributed by atoms with van der Waals surface area (Å²) < 4.78 is 5.65. The molecule has 1 amide bonds. The first-order chi connectivity index (χ1) is 10.6. The fraction of sp³-hybridized carbons (Fsp3) is 0.611. The zero-order chi connectivity index (χ0) is 15.7. The Labute approximate surface area is 132 Å². The lowest BCUT2D eigenvalue weighted by Crippen LogP contribution is -2.45. The molecule has 0 aromatic heterocycles. The van der Waals surface area contributed by atoms with Crippen LogP contribution in [0.1, 0.15) is 31.7 Å². The van der Waals surface area contributed by atoms with Crippen molar-refractivity contribution in [3.05, 3.63) is 29.8 Å². The standard InChI is InChI=1S/C18H26N2O2/c1-3-22-15-7-5-4-6-14(15)11-20(2)18(21)16-12-8-9-13(10-12)17(16)19/h4-7,12-13,16-17H,3,8-11,19H2,1-2H3. The molecule has 4 heteroatoms. The van der Waals surface area contributed by atoms with E-state index in [-0.39, 0.29) is 17.9 Å². The van der Waals surface area contributed by atoms with E-state index in [1.54, 1.807) is 0 Å². The molecule has 2 aliphatic rings. The topological polar surface area (TPSA) is 55.6 Å². The number of rotatable bonds is 5. The van der Waals surface area contributed by atoms with Gasteiger partial charge in [-0.05, 0) is 44.1 Å². The fourth-order valence-electron chi connectivity index (χ4n) is 4.22. The van der Waals surface area contributed by atoms with E-state index in [0.717, 1.165) is 24.2 Å². The molecule has 1 aromatic rings. The Kier molecular flexibility index (Phi) is 4.39. The number of carbonyl (C=O) groups excluding carboxylic acids is 1. The summed E-state index contributed by atoms with van der Waals surface area (Å²) in [5, 5.41) is 0. The van der Waals surface area contributed by atoms with Crippen LogP contribution < -0.4 is 10.5 Å². The molecule has 0 saturated heterocycles. The van der Waals surface area contributed by atoms with Crippen LogP contribution in [-0.4, -0.2) is 30.5 Å². The number of nitrogens with zero attached hydrogens (tertiary/aromatic N) is 1. The zero-order valence-electron chi connectivity index (χ0n) is 13.5. The van der Waals surface area contributed by atoms with Gasteiger partial charge in [0.1, 0.15) is 5.75 Å². The Morgan fingerprint density at radius 1 is 1.32 bits per heavy atom. The second kappa shape index (κ2) is 6.29. The smallest absolute Gasteiger partial charge is 0.227 e. The minimum Gasteiger partial charge on any atom is -0.494 e. The number of nitrogens with two attached hydrogens (primary N) is 1. The van der Waals surface area contributed by atoms with Crippen LogP contribution in [0.4, 0.5) is 0 Å². The number of amides is 1. The lowest BCUT2D eigenvalue weighted by Gasteiger charge is -2.31. The summed E-state index contributed by atoms with van der Waals surface area (Å²) >= 11 is 0. The average molecular weight is 302 g/mol. The first kappa shape index (κ1) is 15.3. The normalized spacial score (nSPS) is 29.6. The molecule has 1 aromatic carbocycles. The highest BCUT2D eigenvalue weighted by Crippen LogP contribution is 2.48. The van der Waals surface area contributed by atoms with Gasteiger partial charge in [-0.3, -0.25) is 4.79 Å². The van der Waals surface area contributed by atoms with Gasteiger partial charge in [-0.25, -0.2) is 0 Å². The third-order valence-electron chi connectivity index (χ3n) is 5.32. The molecule has 4 nitrogen and oxygen atoms in total. The largest absolute Gasteiger partial charge is 0.494 e. The van der Waals surface area contributed by atoms with Crippen molar-refractivity contribution in [1.82, 2.24) is 4.90 Å². The number of hydrogen-bond acceptors (Lipinski definition) is 3. The molecule has 2 bridgehead atoms. The number of carbonyl (C=O) groups is 1. The Bertz CT molecular complexity index is 544. The summed E-state index contributed by atoms with van der Waals surface area (Å²) in [6, 6.07) is 7.98. The summed E-state index contributed by atoms with van der Waals surface area (Å²) in [7, 11) is 1.88. The van der Waals surface area contributed by atoms with E-state index >= 15 is 0 Å². The Morgan fingerprint density at radius 2 is 2.05 bits per heavy atom. The fourth-order valence-corrected chi connectivity index (χ4v) is 4.22. The third kappa shape index (κ3) is 2.72. The van der Waals surface area contributed by atoms with Crippen LogP contribution in [0, 0.1) is 17.8 Å². The van der Waals surface area contributed by atoms with Crippen molar-refractivity contribution in [3.63, 3.8) is 0 Å². The average Bonchev–Trinajstić information content (AvgIpc) is 3.10. The molecule has 0 spiro atoms. The molecule has 22 heavy (non-hydrogen) atoms. The van der Waals surface area contributed by atoms with Crippen LogP contribution in [0.2, 0.25) is 0 Å². The molecule has 0 aliphatic heterocycles. The predicted molar refractivity (Wildman–Crippen MR) is 86.4 cm³/mol. The molecule has 0 radical (unpaired) electrons. The monoisotopic (exact) mass is 302 g/mol. The summed E-state index contributed by atoms with van der Waals surface area (Å²) in [4.78, 5) is 14.6. The van der Waals surface area contributed by atoms with E-state index in [1.165, 1.54) is 6.42 Å². The molecule has 2 fully saturated rings. The van der Waals surface area contributed by atoms with Crippen molar-refractivity contribution >= 4 is 5.91 Å². The molecule has 2 saturated carbocycles. The summed E-state index contributed by atoms with van der Waals surface area (Å²) in [6.07, 6.45) is 3.51. The Hall–Kier alpha value is -1.55. The number of hydrogen-bond donors (Lipinski definition) is 1. The predicted octanol–water partition coefficient (Wildman–Crippen LogP) is 2.42. The third-order valence-corrected chi connectivity index (χ3v) is 5.32. The molecule has 2 aliphatic carbocycles. The van der Waals surface area contributed by atoms with Gasteiger partial charge in [0.05, 0.1) is 12.5 Å². The summed E-state index contributed by atoms with van der Waals surface area (Å²) in [5.41, 5.74) is 7.35. The second-order valence-electron chi connectivity index (χ2n) is 6.67. The van der Waals surface area contributed by atoms with E-state index in [1.807, 2.05) is 43.1 Å². The number of para-hydroxylation sites is 1. The number of fused-ring (bicyclic) bond motifs is 2. The number of ether oxygens (including phenoxy) is 1. The van der Waals surface area contributed by atoms with Crippen LogP contribution in [0.5, 0.6) is 5.75 Å². The molecule has 2 N–H and O–H groups in total. The zero-order valence-corrected chi connectivity index (χ0v) is 13.5. The molecule has 4 atom stereocenters. The van der Waals surface area contributed by atoms with Crippen LogP contribution in [0.15, 0.2) is 24.3 Å². The van der Waals surface area contributed by atoms with Crippen molar-refractivity contribution in [3.8, 4) is 5.75 Å². The molecule has 3 rings (SSSR count). The molecule has 0 heterocycles. The molecule has 120 valence electrons. The minimum atomic E-state index is 0.0167. The van der Waals surface area contributed by atoms with Crippen molar-refractivity contribution in [2.24, 2.45) is 23.5 Å². The Balaban J connectivity index is 1.69. The molecular formula is C18H26N2O2. The first-order valence-corrected chi connectivity index (χ1v) is 8.33. The highest BCUT2D eigenvalue weighted by atomic mass is 16.5. The maximum atomic E-state index is 12.8. The number of benzene rings is 1. The quantitative estimate of drug-likeness (QED) is 0.909. The highest BCUT2D eigenvalue weighted by Gasteiger charge is 2.49. The van der Waals surface area contributed by atoms with Crippen LogP contribution in [0.3, 0.4) is 0 Å². The maximum absolute atomic E-state index is 12.8. The molecule has 4 unspecified atom stereocenters. The Morgan fingerprint density at radius 3 is 2.73 bits per heavy atom. The van der Waals surface area contributed by atoms with Crippen molar-refractivity contribution in [2.75, 3.05) is 13.7 Å².